The van der Waals surface area contributed by atoms with Gasteiger partial charge in [0.15, 0.2) is 0 Å². The molecule has 1 saturated carbocycles. The van der Waals surface area contributed by atoms with E-state index >= 15 is 0 Å². The van der Waals surface area contributed by atoms with Gasteiger partial charge in [-0.3, -0.25) is 19.4 Å². The van der Waals surface area contributed by atoms with E-state index in [-0.39, 0.29) is 12.0 Å². The van der Waals surface area contributed by atoms with Crippen molar-refractivity contribution >= 4 is 17.8 Å². The van der Waals surface area contributed by atoms with Gasteiger partial charge in [-0.2, -0.15) is 0 Å². The van der Waals surface area contributed by atoms with E-state index in [4.69, 9.17) is 5.73 Å². The predicted molar refractivity (Wildman–Crippen MR) is 59.8 cm³/mol. The van der Waals surface area contributed by atoms with Gasteiger partial charge in [-0.05, 0) is 25.3 Å². The number of hydrogen-bond donors (Lipinski definition) is 1. The van der Waals surface area contributed by atoms with Crippen molar-refractivity contribution in [2.24, 2.45) is 11.7 Å². The molecule has 17 heavy (non-hydrogen) atoms. The van der Waals surface area contributed by atoms with E-state index in [9.17, 15) is 14.4 Å². The first kappa shape index (κ1) is 12.0. The minimum Gasteiger partial charge on any atom is -0.330 e. The number of amides is 4. The van der Waals surface area contributed by atoms with E-state index in [1.165, 1.54) is 7.05 Å². The zero-order valence-electron chi connectivity index (χ0n) is 9.89. The highest BCUT2D eigenvalue weighted by atomic mass is 16.2. The molecule has 0 radical (unpaired) electrons. The second-order valence-corrected chi connectivity index (χ2v) is 4.67. The van der Waals surface area contributed by atoms with E-state index in [1.807, 2.05) is 0 Å². The van der Waals surface area contributed by atoms with Crippen LogP contribution in [0.3, 0.4) is 0 Å². The van der Waals surface area contributed by atoms with Crippen LogP contribution in [0, 0.1) is 5.92 Å². The number of likely N-dealkylation sites (N-methyl/N-ethyl adjacent to an activating group) is 1. The summed E-state index contributed by atoms with van der Waals surface area (Å²) in [6, 6.07) is -0.715. The van der Waals surface area contributed by atoms with E-state index in [0.717, 1.165) is 35.5 Å². The predicted octanol–water partition coefficient (Wildman–Crippen LogP) is -0.0755. The molecular weight excluding hydrogens is 222 g/mol. The summed E-state index contributed by atoms with van der Waals surface area (Å²) in [6.45, 7) is 0.444. The van der Waals surface area contributed by atoms with Gasteiger partial charge in [-0.1, -0.05) is 12.8 Å². The molecule has 0 spiro atoms. The first-order chi connectivity index (χ1) is 8.07. The van der Waals surface area contributed by atoms with Gasteiger partial charge in [-0.25, -0.2) is 4.79 Å². The highest BCUT2D eigenvalue weighted by Crippen LogP contribution is 2.30. The first-order valence-corrected chi connectivity index (χ1v) is 5.93. The van der Waals surface area contributed by atoms with Crippen LogP contribution in [-0.2, 0) is 9.59 Å². The average molecular weight is 239 g/mol. The largest absolute Gasteiger partial charge is 0.334 e. The van der Waals surface area contributed by atoms with Crippen molar-refractivity contribution in [2.45, 2.75) is 31.7 Å². The Kier molecular flexibility index (Phi) is 3.15. The standard InChI is InChI=1S/C11H17N3O3/c1-13-9(15)10(16)14(11(13)17)8-5-3-2-4-7(8)6-12/h7-8H,2-6,12H2,1H3. The van der Waals surface area contributed by atoms with E-state index in [0.29, 0.717) is 6.54 Å². The molecule has 0 aromatic heterocycles. The molecule has 0 bridgehead atoms. The molecule has 4 amide bonds. The number of nitrogens with two attached hydrogens (primary N) is 1. The summed E-state index contributed by atoms with van der Waals surface area (Å²) in [6.07, 6.45) is 3.70. The Bertz CT molecular complexity index is 369. The number of imide groups is 2. The van der Waals surface area contributed by atoms with Crippen molar-refractivity contribution in [3.05, 3.63) is 0 Å². The molecular formula is C11H17N3O3. The van der Waals surface area contributed by atoms with Crippen LogP contribution >= 0.6 is 0 Å². The molecule has 0 aromatic rings. The zero-order valence-corrected chi connectivity index (χ0v) is 9.89. The highest BCUT2D eigenvalue weighted by molar-refractivity contribution is 6.44. The molecule has 94 valence electrons. The number of hydrogen-bond acceptors (Lipinski definition) is 4. The Hall–Kier alpha value is -1.43. The van der Waals surface area contributed by atoms with Crippen LogP contribution in [-0.4, -0.2) is 47.3 Å². The van der Waals surface area contributed by atoms with Gasteiger partial charge in [0.1, 0.15) is 0 Å². The van der Waals surface area contributed by atoms with Gasteiger partial charge < -0.3 is 5.73 Å². The Morgan fingerprint density at radius 3 is 2.35 bits per heavy atom. The van der Waals surface area contributed by atoms with Gasteiger partial charge in [-0.15, -0.1) is 0 Å². The highest BCUT2D eigenvalue weighted by Gasteiger charge is 2.47. The summed E-state index contributed by atoms with van der Waals surface area (Å²) in [5.74, 6) is -1.32. The lowest BCUT2D eigenvalue weighted by Gasteiger charge is -2.35. The molecule has 2 atom stereocenters. The molecule has 6 heteroatoms. The Morgan fingerprint density at radius 1 is 1.18 bits per heavy atom. The Labute approximate surface area is 99.7 Å². The summed E-state index contributed by atoms with van der Waals surface area (Å²) in [5.41, 5.74) is 5.67. The zero-order chi connectivity index (χ0) is 12.6. The average Bonchev–Trinajstić information content (AvgIpc) is 2.54. The number of carbonyl (C=O) groups is 3. The number of nitrogens with zero attached hydrogens (tertiary/aromatic N) is 2. The van der Waals surface area contributed by atoms with Gasteiger partial charge >= 0.3 is 17.8 Å². The van der Waals surface area contributed by atoms with Crippen LogP contribution in [0.5, 0.6) is 0 Å². The van der Waals surface area contributed by atoms with Crippen LogP contribution in [0.25, 0.3) is 0 Å². The third-order valence-electron chi connectivity index (χ3n) is 3.70. The summed E-state index contributed by atoms with van der Waals surface area (Å²) in [4.78, 5) is 37.1. The second-order valence-electron chi connectivity index (χ2n) is 4.67. The van der Waals surface area contributed by atoms with Crippen molar-refractivity contribution in [3.63, 3.8) is 0 Å². The SMILES string of the molecule is CN1C(=O)C(=O)N(C2CCCCC2CN)C1=O. The molecule has 2 rings (SSSR count). The van der Waals surface area contributed by atoms with Crippen LogP contribution in [0.4, 0.5) is 4.79 Å². The third-order valence-corrected chi connectivity index (χ3v) is 3.70. The van der Waals surface area contributed by atoms with Crippen LogP contribution in [0.2, 0.25) is 0 Å². The minimum absolute atomic E-state index is 0.121. The van der Waals surface area contributed by atoms with E-state index in [1.54, 1.807) is 0 Å². The van der Waals surface area contributed by atoms with Crippen LogP contribution in [0.15, 0.2) is 0 Å². The number of rotatable bonds is 2. The van der Waals surface area contributed by atoms with Crippen molar-refractivity contribution in [3.8, 4) is 0 Å². The fraction of sp³-hybridized carbons (Fsp3) is 0.727. The normalized spacial score (nSPS) is 30.4. The molecule has 1 aliphatic carbocycles. The maximum atomic E-state index is 11.9. The topological polar surface area (TPSA) is 83.7 Å². The molecule has 6 nitrogen and oxygen atoms in total. The molecule has 1 saturated heterocycles. The quantitative estimate of drug-likeness (QED) is 0.540. The maximum Gasteiger partial charge on any atom is 0.334 e. The van der Waals surface area contributed by atoms with Gasteiger partial charge in [0, 0.05) is 13.1 Å². The van der Waals surface area contributed by atoms with E-state index in [2.05, 4.69) is 0 Å². The number of carbonyl (C=O) groups excluding carboxylic acids is 3. The minimum atomic E-state index is -0.739. The molecule has 1 heterocycles. The fourth-order valence-electron chi connectivity index (χ4n) is 2.68. The van der Waals surface area contributed by atoms with Crippen molar-refractivity contribution in [2.75, 3.05) is 13.6 Å². The second kappa shape index (κ2) is 4.44. The summed E-state index contributed by atoms with van der Waals surface area (Å²) in [5, 5.41) is 0. The summed E-state index contributed by atoms with van der Waals surface area (Å²) >= 11 is 0. The smallest absolute Gasteiger partial charge is 0.330 e. The van der Waals surface area contributed by atoms with Gasteiger partial charge in [0.25, 0.3) is 0 Å². The van der Waals surface area contributed by atoms with Crippen LogP contribution < -0.4 is 5.73 Å². The first-order valence-electron chi connectivity index (χ1n) is 5.93. The van der Waals surface area contributed by atoms with E-state index < -0.39 is 17.8 Å². The third kappa shape index (κ3) is 1.82. The van der Waals surface area contributed by atoms with Crippen molar-refractivity contribution in [1.29, 1.82) is 0 Å². The monoisotopic (exact) mass is 239 g/mol. The van der Waals surface area contributed by atoms with Crippen molar-refractivity contribution in [1.82, 2.24) is 9.80 Å². The number of urea groups is 1. The molecule has 0 aromatic carbocycles. The molecule has 2 N–H and O–H groups in total. The van der Waals surface area contributed by atoms with Crippen LogP contribution in [0.1, 0.15) is 25.7 Å². The fourth-order valence-corrected chi connectivity index (χ4v) is 2.68. The molecule has 2 unspecified atom stereocenters. The molecule has 2 aliphatic rings. The Balaban J connectivity index is 2.23. The maximum absolute atomic E-state index is 11.9. The molecule has 2 fully saturated rings. The Morgan fingerprint density at radius 2 is 1.82 bits per heavy atom. The lowest BCUT2D eigenvalue weighted by Crippen LogP contribution is -2.48. The lowest BCUT2D eigenvalue weighted by molar-refractivity contribution is -0.144. The lowest BCUT2D eigenvalue weighted by atomic mass is 9.83. The van der Waals surface area contributed by atoms with Gasteiger partial charge in [0.05, 0.1) is 0 Å². The summed E-state index contributed by atoms with van der Waals surface area (Å²) in [7, 11) is 1.34. The van der Waals surface area contributed by atoms with Gasteiger partial charge in [0.2, 0.25) is 0 Å². The van der Waals surface area contributed by atoms with Crippen molar-refractivity contribution < 1.29 is 14.4 Å². The summed E-state index contributed by atoms with van der Waals surface area (Å²) < 4.78 is 0. The molecule has 1 aliphatic heterocycles.